The van der Waals surface area contributed by atoms with E-state index in [1.165, 1.54) is 0 Å². The number of fused-ring (bicyclic) bond motifs is 2. The maximum Gasteiger partial charge on any atom is 0.255 e. The van der Waals surface area contributed by atoms with E-state index in [1.807, 2.05) is 41.6 Å². The SMILES string of the molecule is O=C(c1cnc2c(c1)ncn2C1CCOCC1)N1CCC(c2nc3ccccc3o2)CC1. The molecule has 32 heavy (non-hydrogen) atoms. The third kappa shape index (κ3) is 3.44. The van der Waals surface area contributed by atoms with Crippen molar-refractivity contribution in [3.05, 3.63) is 54.3 Å². The number of carbonyl (C=O) groups excluding carboxylic acids is 1. The van der Waals surface area contributed by atoms with E-state index in [9.17, 15) is 4.79 Å². The first kappa shape index (κ1) is 19.4. The summed E-state index contributed by atoms with van der Waals surface area (Å²) in [5, 5.41) is 0. The third-order valence-corrected chi connectivity index (χ3v) is 6.69. The van der Waals surface area contributed by atoms with Crippen LogP contribution >= 0.6 is 0 Å². The number of benzene rings is 1. The van der Waals surface area contributed by atoms with Crippen LogP contribution in [-0.4, -0.2) is 56.6 Å². The monoisotopic (exact) mass is 431 g/mol. The molecule has 1 aromatic carbocycles. The number of carbonyl (C=O) groups is 1. The van der Waals surface area contributed by atoms with Crippen molar-refractivity contribution in [3.63, 3.8) is 0 Å². The Hall–Kier alpha value is -3.26. The molecule has 4 aromatic rings. The Kier molecular flexibility index (Phi) is 4.87. The molecule has 8 heteroatoms. The van der Waals surface area contributed by atoms with Crippen molar-refractivity contribution in [3.8, 4) is 0 Å². The van der Waals surface area contributed by atoms with Crippen molar-refractivity contribution in [1.82, 2.24) is 24.4 Å². The number of pyridine rings is 1. The van der Waals surface area contributed by atoms with Gasteiger partial charge in [0.05, 0.1) is 11.9 Å². The molecule has 3 aromatic heterocycles. The van der Waals surface area contributed by atoms with E-state index in [0.29, 0.717) is 24.7 Å². The number of hydrogen-bond donors (Lipinski definition) is 0. The van der Waals surface area contributed by atoms with Gasteiger partial charge in [0.25, 0.3) is 5.91 Å². The van der Waals surface area contributed by atoms with Gasteiger partial charge in [-0.3, -0.25) is 4.79 Å². The number of nitrogens with zero attached hydrogens (tertiary/aromatic N) is 5. The van der Waals surface area contributed by atoms with Gasteiger partial charge in [-0.15, -0.1) is 0 Å². The number of amides is 1. The maximum atomic E-state index is 13.1. The second-order valence-electron chi connectivity index (χ2n) is 8.65. The number of imidazole rings is 1. The Labute approximate surface area is 185 Å². The molecule has 8 nitrogen and oxygen atoms in total. The van der Waals surface area contributed by atoms with Crippen LogP contribution in [0.25, 0.3) is 22.3 Å². The van der Waals surface area contributed by atoms with Crippen molar-refractivity contribution in [2.75, 3.05) is 26.3 Å². The molecule has 0 N–H and O–H groups in total. The van der Waals surface area contributed by atoms with Crippen molar-refractivity contribution < 1.29 is 13.9 Å². The van der Waals surface area contributed by atoms with Crippen LogP contribution in [0, 0.1) is 0 Å². The number of likely N-dealkylation sites (tertiary alicyclic amines) is 1. The molecule has 5 heterocycles. The topological polar surface area (TPSA) is 86.3 Å². The minimum absolute atomic E-state index is 0.0102. The van der Waals surface area contributed by atoms with E-state index in [-0.39, 0.29) is 11.8 Å². The number of aromatic nitrogens is 4. The maximum absolute atomic E-state index is 13.1. The van der Waals surface area contributed by atoms with Crippen LogP contribution in [-0.2, 0) is 4.74 Å². The Bertz CT molecular complexity index is 1230. The summed E-state index contributed by atoms with van der Waals surface area (Å²) in [7, 11) is 0. The lowest BCUT2D eigenvalue weighted by Crippen LogP contribution is -2.38. The molecule has 0 aliphatic carbocycles. The summed E-state index contributed by atoms with van der Waals surface area (Å²) >= 11 is 0. The predicted octanol–water partition coefficient (Wildman–Crippen LogP) is 3.94. The smallest absolute Gasteiger partial charge is 0.255 e. The minimum atomic E-state index is 0.0102. The van der Waals surface area contributed by atoms with Gasteiger partial charge in [-0.1, -0.05) is 12.1 Å². The highest BCUT2D eigenvalue weighted by molar-refractivity contribution is 5.96. The fraction of sp³-hybridized carbons (Fsp3) is 0.417. The second kappa shape index (κ2) is 8.02. The molecule has 164 valence electrons. The van der Waals surface area contributed by atoms with E-state index >= 15 is 0 Å². The molecule has 1 amide bonds. The fourth-order valence-corrected chi connectivity index (χ4v) is 4.84. The van der Waals surface area contributed by atoms with Crippen LogP contribution in [0.3, 0.4) is 0 Å². The Balaban J connectivity index is 1.15. The molecule has 0 spiro atoms. The van der Waals surface area contributed by atoms with Crippen LogP contribution in [0.4, 0.5) is 0 Å². The van der Waals surface area contributed by atoms with E-state index in [2.05, 4.69) is 19.5 Å². The Morgan fingerprint density at radius 2 is 1.81 bits per heavy atom. The number of hydrogen-bond acceptors (Lipinski definition) is 6. The zero-order valence-corrected chi connectivity index (χ0v) is 17.8. The Morgan fingerprint density at radius 1 is 1.00 bits per heavy atom. The number of para-hydroxylation sites is 2. The number of oxazole rings is 1. The molecular weight excluding hydrogens is 406 g/mol. The second-order valence-corrected chi connectivity index (χ2v) is 8.65. The molecule has 0 atom stereocenters. The van der Waals surface area contributed by atoms with Crippen LogP contribution in [0.5, 0.6) is 0 Å². The molecule has 2 fully saturated rings. The van der Waals surface area contributed by atoms with Gasteiger partial charge in [0.1, 0.15) is 11.0 Å². The first-order valence-corrected chi connectivity index (χ1v) is 11.3. The number of rotatable bonds is 3. The molecule has 0 bridgehead atoms. The normalized spacial score (nSPS) is 18.6. The van der Waals surface area contributed by atoms with E-state index in [1.54, 1.807) is 6.20 Å². The third-order valence-electron chi connectivity index (χ3n) is 6.69. The van der Waals surface area contributed by atoms with Crippen molar-refractivity contribution in [2.24, 2.45) is 0 Å². The predicted molar refractivity (Wildman–Crippen MR) is 119 cm³/mol. The van der Waals surface area contributed by atoms with Gasteiger partial charge < -0.3 is 18.6 Å². The van der Waals surface area contributed by atoms with Crippen LogP contribution in [0.15, 0.2) is 47.3 Å². The largest absolute Gasteiger partial charge is 0.440 e. The van der Waals surface area contributed by atoms with E-state index in [0.717, 1.165) is 67.1 Å². The Morgan fingerprint density at radius 3 is 2.62 bits per heavy atom. The summed E-state index contributed by atoms with van der Waals surface area (Å²) < 4.78 is 13.5. The van der Waals surface area contributed by atoms with Gasteiger partial charge in [0, 0.05) is 44.5 Å². The summed E-state index contributed by atoms with van der Waals surface area (Å²) in [6, 6.07) is 10.1. The van der Waals surface area contributed by atoms with Gasteiger partial charge in [0.15, 0.2) is 17.1 Å². The molecular formula is C24H25N5O3. The van der Waals surface area contributed by atoms with Crippen LogP contribution < -0.4 is 0 Å². The fourth-order valence-electron chi connectivity index (χ4n) is 4.84. The molecule has 2 saturated heterocycles. The van der Waals surface area contributed by atoms with Gasteiger partial charge >= 0.3 is 0 Å². The van der Waals surface area contributed by atoms with E-state index < -0.39 is 0 Å². The average Bonchev–Trinajstić information content (AvgIpc) is 3.48. The number of piperidine rings is 1. The molecule has 2 aliphatic heterocycles. The molecule has 0 saturated carbocycles. The summed E-state index contributed by atoms with van der Waals surface area (Å²) in [6.07, 6.45) is 7.13. The lowest BCUT2D eigenvalue weighted by Gasteiger charge is -2.30. The van der Waals surface area contributed by atoms with Crippen molar-refractivity contribution in [1.29, 1.82) is 0 Å². The highest BCUT2D eigenvalue weighted by Gasteiger charge is 2.28. The first-order chi connectivity index (χ1) is 15.8. The average molecular weight is 431 g/mol. The van der Waals surface area contributed by atoms with Crippen molar-refractivity contribution in [2.45, 2.75) is 37.6 Å². The lowest BCUT2D eigenvalue weighted by molar-refractivity contribution is 0.0704. The summed E-state index contributed by atoms with van der Waals surface area (Å²) in [6.45, 7) is 2.88. The zero-order valence-electron chi connectivity index (χ0n) is 17.8. The quantitative estimate of drug-likeness (QED) is 0.488. The zero-order chi connectivity index (χ0) is 21.5. The van der Waals surface area contributed by atoms with Crippen LogP contribution in [0.2, 0.25) is 0 Å². The number of ether oxygens (including phenoxy) is 1. The highest BCUT2D eigenvalue weighted by Crippen LogP contribution is 2.31. The molecule has 2 aliphatic rings. The molecule has 6 rings (SSSR count). The molecule has 0 radical (unpaired) electrons. The van der Waals surface area contributed by atoms with Crippen LogP contribution in [0.1, 0.15) is 53.9 Å². The molecule has 0 unspecified atom stereocenters. The van der Waals surface area contributed by atoms with E-state index in [4.69, 9.17) is 9.15 Å². The summed E-state index contributed by atoms with van der Waals surface area (Å²) in [5.74, 6) is 1.03. The van der Waals surface area contributed by atoms with Gasteiger partial charge in [0.2, 0.25) is 0 Å². The van der Waals surface area contributed by atoms with Gasteiger partial charge in [-0.05, 0) is 43.9 Å². The minimum Gasteiger partial charge on any atom is -0.440 e. The van der Waals surface area contributed by atoms with Gasteiger partial charge in [-0.2, -0.15) is 0 Å². The standard InChI is InChI=1S/C24H25N5O3/c30-24(17-13-20-22(25-14-17)29(15-26-20)18-7-11-31-12-8-18)28-9-5-16(6-10-28)23-27-19-3-1-2-4-21(19)32-23/h1-4,13-16,18H,5-12H2. The summed E-state index contributed by atoms with van der Waals surface area (Å²) in [5.41, 5.74) is 3.91. The van der Waals surface area contributed by atoms with Crippen molar-refractivity contribution >= 4 is 28.2 Å². The van der Waals surface area contributed by atoms with Gasteiger partial charge in [-0.25, -0.2) is 15.0 Å². The first-order valence-electron chi connectivity index (χ1n) is 11.3. The highest BCUT2D eigenvalue weighted by atomic mass is 16.5. The lowest BCUT2D eigenvalue weighted by atomic mass is 9.96. The summed E-state index contributed by atoms with van der Waals surface area (Å²) in [4.78, 5) is 28.8.